The molecule has 1 aliphatic heterocycles. The van der Waals surface area contributed by atoms with E-state index in [4.69, 9.17) is 4.74 Å². The van der Waals surface area contributed by atoms with E-state index in [1.54, 1.807) is 12.1 Å². The van der Waals surface area contributed by atoms with Gasteiger partial charge in [0.05, 0.1) is 31.1 Å². The molecule has 0 aliphatic carbocycles. The maximum Gasteiger partial charge on any atom is 0.412 e. The first-order valence-electron chi connectivity index (χ1n) is 7.82. The largest absolute Gasteiger partial charge is 0.465 e. The van der Waals surface area contributed by atoms with Crippen LogP contribution in [0.1, 0.15) is 5.56 Å². The van der Waals surface area contributed by atoms with Gasteiger partial charge in [-0.2, -0.15) is 0 Å². The monoisotopic (exact) mass is 330 g/mol. The van der Waals surface area contributed by atoms with E-state index in [1.165, 1.54) is 6.07 Å². The molecule has 0 bridgehead atoms. The smallest absolute Gasteiger partial charge is 0.412 e. The molecule has 1 fully saturated rings. The number of hydrogen-bond donors (Lipinski definition) is 1. The Bertz CT molecular complexity index is 703. The van der Waals surface area contributed by atoms with E-state index >= 15 is 0 Å². The number of nitrogens with zero attached hydrogens (tertiary/aromatic N) is 2. The molecule has 1 saturated heterocycles. The lowest BCUT2D eigenvalue weighted by Crippen LogP contribution is -2.36. The van der Waals surface area contributed by atoms with Crippen LogP contribution in [0.4, 0.5) is 20.6 Å². The molecule has 1 N–H and O–H groups in total. The van der Waals surface area contributed by atoms with Crippen molar-refractivity contribution >= 4 is 17.5 Å². The quantitative estimate of drug-likeness (QED) is 0.934. The van der Waals surface area contributed by atoms with Crippen molar-refractivity contribution < 1.29 is 19.0 Å². The lowest BCUT2D eigenvalue weighted by atomic mass is 10.2. The maximum atomic E-state index is 14.5. The summed E-state index contributed by atoms with van der Waals surface area (Å²) in [5.74, 6) is -0.422. The third-order valence-electron chi connectivity index (χ3n) is 4.01. The number of halogens is 1. The Morgan fingerprint density at radius 1 is 1.17 bits per heavy atom. The number of ether oxygens (including phenoxy) is 1. The van der Waals surface area contributed by atoms with Crippen LogP contribution >= 0.6 is 0 Å². The van der Waals surface area contributed by atoms with Crippen LogP contribution in [0.3, 0.4) is 0 Å². The van der Waals surface area contributed by atoms with Gasteiger partial charge in [0.2, 0.25) is 0 Å². The first-order valence-corrected chi connectivity index (χ1v) is 7.82. The highest BCUT2D eigenvalue weighted by Gasteiger charge is 2.19. The normalized spacial score (nSPS) is 14.5. The van der Waals surface area contributed by atoms with Crippen LogP contribution in [0.25, 0.3) is 0 Å². The summed E-state index contributed by atoms with van der Waals surface area (Å²) < 4.78 is 19.8. The summed E-state index contributed by atoms with van der Waals surface area (Å²) >= 11 is 0. The third-order valence-corrected chi connectivity index (χ3v) is 4.01. The Kier molecular flexibility index (Phi) is 4.96. The Hall–Kier alpha value is -2.60. The zero-order valence-corrected chi connectivity index (χ0v) is 13.2. The number of hydrogen-bond acceptors (Lipinski definition) is 3. The minimum absolute atomic E-state index is 0.173. The molecule has 126 valence electrons. The molecule has 0 saturated carbocycles. The van der Waals surface area contributed by atoms with Gasteiger partial charge in [-0.15, -0.1) is 0 Å². The second-order valence-corrected chi connectivity index (χ2v) is 5.59. The maximum absolute atomic E-state index is 14.5. The summed E-state index contributed by atoms with van der Waals surface area (Å²) in [6.07, 6.45) is -1.11. The van der Waals surface area contributed by atoms with E-state index in [2.05, 4.69) is 0 Å². The van der Waals surface area contributed by atoms with Crippen LogP contribution in [0.2, 0.25) is 0 Å². The van der Waals surface area contributed by atoms with Gasteiger partial charge in [0.25, 0.3) is 0 Å². The summed E-state index contributed by atoms with van der Waals surface area (Å²) in [6.45, 7) is 2.56. The minimum atomic E-state index is -1.11. The lowest BCUT2D eigenvalue weighted by Gasteiger charge is -2.29. The molecule has 2 aromatic carbocycles. The van der Waals surface area contributed by atoms with Crippen molar-refractivity contribution in [1.82, 2.24) is 0 Å². The van der Waals surface area contributed by atoms with Crippen LogP contribution in [0, 0.1) is 5.82 Å². The van der Waals surface area contributed by atoms with Crippen LogP contribution in [0.5, 0.6) is 0 Å². The fourth-order valence-electron chi connectivity index (χ4n) is 2.76. The topological polar surface area (TPSA) is 53.0 Å². The van der Waals surface area contributed by atoms with Gasteiger partial charge in [-0.1, -0.05) is 30.3 Å². The summed E-state index contributed by atoms with van der Waals surface area (Å²) in [4.78, 5) is 14.6. The molecule has 0 spiro atoms. The van der Waals surface area contributed by atoms with Crippen LogP contribution in [-0.2, 0) is 11.3 Å². The Morgan fingerprint density at radius 3 is 2.50 bits per heavy atom. The van der Waals surface area contributed by atoms with Gasteiger partial charge in [0.15, 0.2) is 0 Å². The first kappa shape index (κ1) is 16.3. The van der Waals surface area contributed by atoms with Crippen molar-refractivity contribution in [2.75, 3.05) is 36.1 Å². The molecule has 2 aromatic rings. The first-order chi connectivity index (χ1) is 11.6. The van der Waals surface area contributed by atoms with E-state index in [0.29, 0.717) is 37.7 Å². The number of carbonyl (C=O) groups is 1. The molecule has 5 nitrogen and oxygen atoms in total. The Balaban J connectivity index is 1.83. The second-order valence-electron chi connectivity index (χ2n) is 5.59. The SMILES string of the molecule is O=C(O)N(Cc1ccccc1)c1ccc(N2CCOCC2)c(F)c1. The summed E-state index contributed by atoms with van der Waals surface area (Å²) in [5, 5.41) is 9.47. The van der Waals surface area contributed by atoms with E-state index < -0.39 is 11.9 Å². The summed E-state index contributed by atoms with van der Waals surface area (Å²) in [6, 6.07) is 13.8. The highest BCUT2D eigenvalue weighted by atomic mass is 19.1. The van der Waals surface area contributed by atoms with E-state index in [1.807, 2.05) is 35.2 Å². The van der Waals surface area contributed by atoms with Gasteiger partial charge in [-0.05, 0) is 23.8 Å². The van der Waals surface area contributed by atoms with Gasteiger partial charge in [0, 0.05) is 13.1 Å². The third kappa shape index (κ3) is 3.65. The van der Waals surface area contributed by atoms with Gasteiger partial charge in [0.1, 0.15) is 5.82 Å². The summed E-state index contributed by atoms with van der Waals surface area (Å²) in [7, 11) is 0. The van der Waals surface area contributed by atoms with Crippen molar-refractivity contribution in [3.63, 3.8) is 0 Å². The predicted molar refractivity (Wildman–Crippen MR) is 90.1 cm³/mol. The highest BCUT2D eigenvalue weighted by molar-refractivity contribution is 5.86. The zero-order valence-electron chi connectivity index (χ0n) is 13.2. The van der Waals surface area contributed by atoms with Crippen molar-refractivity contribution in [3.05, 3.63) is 59.9 Å². The molecule has 0 aromatic heterocycles. The van der Waals surface area contributed by atoms with E-state index in [9.17, 15) is 14.3 Å². The highest BCUT2D eigenvalue weighted by Crippen LogP contribution is 2.26. The second kappa shape index (κ2) is 7.31. The molecule has 6 heteroatoms. The molecule has 1 amide bonds. The minimum Gasteiger partial charge on any atom is -0.465 e. The number of carboxylic acid groups (broad SMARTS) is 1. The average molecular weight is 330 g/mol. The summed E-state index contributed by atoms with van der Waals surface area (Å²) in [5.41, 5.74) is 1.64. The molecule has 1 heterocycles. The zero-order chi connectivity index (χ0) is 16.9. The van der Waals surface area contributed by atoms with Gasteiger partial charge in [-0.3, -0.25) is 4.90 Å². The van der Waals surface area contributed by atoms with E-state index in [0.717, 1.165) is 10.5 Å². The lowest BCUT2D eigenvalue weighted by molar-refractivity contribution is 0.122. The number of rotatable bonds is 4. The Labute approximate surface area is 139 Å². The molecule has 0 unspecified atom stereocenters. The van der Waals surface area contributed by atoms with Gasteiger partial charge >= 0.3 is 6.09 Å². The molecular weight excluding hydrogens is 311 g/mol. The molecular formula is C18H19FN2O3. The fourth-order valence-corrected chi connectivity index (χ4v) is 2.76. The molecule has 1 aliphatic rings. The Morgan fingerprint density at radius 2 is 1.88 bits per heavy atom. The van der Waals surface area contributed by atoms with Crippen molar-refractivity contribution in [1.29, 1.82) is 0 Å². The number of anilines is 2. The van der Waals surface area contributed by atoms with Crippen LogP contribution in [0.15, 0.2) is 48.5 Å². The fraction of sp³-hybridized carbons (Fsp3) is 0.278. The molecule has 3 rings (SSSR count). The van der Waals surface area contributed by atoms with Gasteiger partial charge < -0.3 is 14.7 Å². The number of amides is 1. The standard InChI is InChI=1S/C18H19FN2O3/c19-16-12-15(6-7-17(16)20-8-10-24-11-9-20)21(18(22)23)13-14-4-2-1-3-5-14/h1-7,12H,8-11,13H2,(H,22,23). The average Bonchev–Trinajstić information content (AvgIpc) is 2.61. The van der Waals surface area contributed by atoms with E-state index in [-0.39, 0.29) is 6.54 Å². The molecule has 24 heavy (non-hydrogen) atoms. The molecule has 0 atom stereocenters. The number of benzene rings is 2. The van der Waals surface area contributed by atoms with Gasteiger partial charge in [-0.25, -0.2) is 9.18 Å². The van der Waals surface area contributed by atoms with Crippen molar-refractivity contribution in [2.45, 2.75) is 6.54 Å². The van der Waals surface area contributed by atoms with Crippen molar-refractivity contribution in [3.8, 4) is 0 Å². The predicted octanol–water partition coefficient (Wildman–Crippen LogP) is 3.35. The molecule has 0 radical (unpaired) electrons. The van der Waals surface area contributed by atoms with Crippen molar-refractivity contribution in [2.24, 2.45) is 0 Å². The number of morpholine rings is 1. The van der Waals surface area contributed by atoms with Crippen LogP contribution in [-0.4, -0.2) is 37.5 Å². The van der Waals surface area contributed by atoms with Crippen LogP contribution < -0.4 is 9.80 Å².